The number of aromatic nitrogens is 3. The molecule has 0 unspecified atom stereocenters. The predicted molar refractivity (Wildman–Crippen MR) is 75.8 cm³/mol. The van der Waals surface area contributed by atoms with Gasteiger partial charge in [0.25, 0.3) is 0 Å². The lowest BCUT2D eigenvalue weighted by Gasteiger charge is -2.17. The average molecular weight is 254 g/mol. The third kappa shape index (κ3) is 2.18. The van der Waals surface area contributed by atoms with E-state index in [9.17, 15) is 0 Å². The van der Waals surface area contributed by atoms with Crippen molar-refractivity contribution in [3.05, 3.63) is 34.6 Å². The fourth-order valence-electron chi connectivity index (χ4n) is 2.68. The third-order valence-corrected chi connectivity index (χ3v) is 3.64. The molecule has 2 aromatic heterocycles. The van der Waals surface area contributed by atoms with Crippen molar-refractivity contribution in [3.63, 3.8) is 0 Å². The Morgan fingerprint density at radius 2 is 1.89 bits per heavy atom. The highest BCUT2D eigenvalue weighted by Crippen LogP contribution is 2.27. The number of pyridine rings is 1. The molecule has 19 heavy (non-hydrogen) atoms. The maximum absolute atomic E-state index is 6.08. The van der Waals surface area contributed by atoms with Gasteiger partial charge in [-0.15, -0.1) is 0 Å². The number of fused-ring (bicyclic) bond motifs is 1. The van der Waals surface area contributed by atoms with E-state index in [0.717, 1.165) is 40.9 Å². The van der Waals surface area contributed by atoms with Gasteiger partial charge in [-0.05, 0) is 50.7 Å². The molecule has 1 aliphatic carbocycles. The Hall–Kier alpha value is -1.97. The number of nitrogens with two attached hydrogens (primary N) is 1. The lowest BCUT2D eigenvalue weighted by Crippen LogP contribution is -2.12. The summed E-state index contributed by atoms with van der Waals surface area (Å²) in [4.78, 5) is 13.6. The number of aryl methyl sites for hydroxylation is 3. The van der Waals surface area contributed by atoms with Crippen LogP contribution in [0.2, 0.25) is 0 Å². The zero-order valence-corrected chi connectivity index (χ0v) is 11.4. The Bertz CT molecular complexity index is 634. The fourth-order valence-corrected chi connectivity index (χ4v) is 2.68. The lowest BCUT2D eigenvalue weighted by molar-refractivity contribution is 0.665. The van der Waals surface area contributed by atoms with E-state index in [1.165, 1.54) is 12.8 Å². The summed E-state index contributed by atoms with van der Waals surface area (Å²) in [7, 11) is 0. The van der Waals surface area contributed by atoms with Crippen LogP contribution < -0.4 is 5.73 Å². The standard InChI is InChI=1S/C15H18N4/c1-9-7-10(2)13(17-8-9)15-18-12-6-4-3-5-11(12)14(16)19-15/h7-8H,3-6H2,1-2H3,(H2,16,18,19). The minimum Gasteiger partial charge on any atom is -0.383 e. The fraction of sp³-hybridized carbons (Fsp3) is 0.400. The quantitative estimate of drug-likeness (QED) is 0.849. The lowest BCUT2D eigenvalue weighted by atomic mass is 9.96. The van der Waals surface area contributed by atoms with E-state index in [-0.39, 0.29) is 0 Å². The van der Waals surface area contributed by atoms with Crippen LogP contribution in [0.25, 0.3) is 11.5 Å². The molecule has 4 nitrogen and oxygen atoms in total. The van der Waals surface area contributed by atoms with Crippen LogP contribution in [0, 0.1) is 13.8 Å². The van der Waals surface area contributed by atoms with Crippen molar-refractivity contribution in [2.24, 2.45) is 0 Å². The second-order valence-electron chi connectivity index (χ2n) is 5.24. The summed E-state index contributed by atoms with van der Waals surface area (Å²) in [5, 5.41) is 0. The highest BCUT2D eigenvalue weighted by molar-refractivity contribution is 5.59. The zero-order chi connectivity index (χ0) is 13.4. The van der Waals surface area contributed by atoms with Crippen LogP contribution in [0.15, 0.2) is 12.3 Å². The monoisotopic (exact) mass is 254 g/mol. The summed E-state index contributed by atoms with van der Waals surface area (Å²) < 4.78 is 0. The Balaban J connectivity index is 2.13. The number of nitrogens with zero attached hydrogens (tertiary/aromatic N) is 3. The van der Waals surface area contributed by atoms with Crippen LogP contribution in [-0.2, 0) is 12.8 Å². The van der Waals surface area contributed by atoms with Crippen molar-refractivity contribution in [3.8, 4) is 11.5 Å². The molecular weight excluding hydrogens is 236 g/mol. The van der Waals surface area contributed by atoms with E-state index in [1.807, 2.05) is 20.0 Å². The molecule has 0 amide bonds. The van der Waals surface area contributed by atoms with Gasteiger partial charge in [0.2, 0.25) is 0 Å². The Morgan fingerprint density at radius 3 is 2.68 bits per heavy atom. The topological polar surface area (TPSA) is 64.7 Å². The molecule has 0 saturated carbocycles. The van der Waals surface area contributed by atoms with Gasteiger partial charge < -0.3 is 5.73 Å². The van der Waals surface area contributed by atoms with E-state index >= 15 is 0 Å². The van der Waals surface area contributed by atoms with Crippen molar-refractivity contribution in [1.29, 1.82) is 0 Å². The van der Waals surface area contributed by atoms with Gasteiger partial charge >= 0.3 is 0 Å². The summed E-state index contributed by atoms with van der Waals surface area (Å²) in [6.45, 7) is 4.07. The van der Waals surface area contributed by atoms with Crippen molar-refractivity contribution < 1.29 is 0 Å². The highest BCUT2D eigenvalue weighted by atomic mass is 15.0. The molecule has 0 fully saturated rings. The molecular formula is C15H18N4. The van der Waals surface area contributed by atoms with E-state index in [0.29, 0.717) is 11.6 Å². The van der Waals surface area contributed by atoms with Crippen LogP contribution in [-0.4, -0.2) is 15.0 Å². The van der Waals surface area contributed by atoms with Crippen LogP contribution in [0.5, 0.6) is 0 Å². The number of hydrogen-bond acceptors (Lipinski definition) is 4. The molecule has 0 bridgehead atoms. The second-order valence-corrected chi connectivity index (χ2v) is 5.24. The van der Waals surface area contributed by atoms with Crippen LogP contribution in [0.1, 0.15) is 35.2 Å². The second kappa shape index (κ2) is 4.61. The molecule has 0 saturated heterocycles. The smallest absolute Gasteiger partial charge is 0.180 e. The molecule has 0 spiro atoms. The van der Waals surface area contributed by atoms with E-state index in [4.69, 9.17) is 5.73 Å². The number of anilines is 1. The van der Waals surface area contributed by atoms with Crippen LogP contribution in [0.4, 0.5) is 5.82 Å². The molecule has 0 radical (unpaired) electrons. The van der Waals surface area contributed by atoms with Crippen LogP contribution >= 0.6 is 0 Å². The van der Waals surface area contributed by atoms with Gasteiger partial charge in [0.1, 0.15) is 11.5 Å². The first-order chi connectivity index (χ1) is 9.15. The first-order valence-corrected chi connectivity index (χ1v) is 6.74. The molecule has 1 aliphatic rings. The summed E-state index contributed by atoms with van der Waals surface area (Å²) >= 11 is 0. The summed E-state index contributed by atoms with van der Waals surface area (Å²) in [6.07, 6.45) is 6.22. The Kier molecular flexibility index (Phi) is 2.93. The minimum atomic E-state index is 0.626. The van der Waals surface area contributed by atoms with Gasteiger partial charge in [-0.2, -0.15) is 0 Å². The van der Waals surface area contributed by atoms with Crippen molar-refractivity contribution in [1.82, 2.24) is 15.0 Å². The SMILES string of the molecule is Cc1cnc(-c2nc(N)c3c(n2)CCCC3)c(C)c1. The van der Waals surface area contributed by atoms with Gasteiger partial charge in [0, 0.05) is 17.5 Å². The van der Waals surface area contributed by atoms with Crippen molar-refractivity contribution in [2.45, 2.75) is 39.5 Å². The zero-order valence-electron chi connectivity index (χ0n) is 11.4. The van der Waals surface area contributed by atoms with Crippen molar-refractivity contribution >= 4 is 5.82 Å². The molecule has 0 aliphatic heterocycles. The normalized spacial score (nSPS) is 14.2. The molecule has 98 valence electrons. The maximum Gasteiger partial charge on any atom is 0.180 e. The predicted octanol–water partition coefficient (Wildman–Crippen LogP) is 2.62. The number of hydrogen-bond donors (Lipinski definition) is 1. The van der Waals surface area contributed by atoms with E-state index < -0.39 is 0 Å². The molecule has 0 aromatic carbocycles. The van der Waals surface area contributed by atoms with E-state index in [1.54, 1.807) is 0 Å². The third-order valence-electron chi connectivity index (χ3n) is 3.64. The Morgan fingerprint density at radius 1 is 1.11 bits per heavy atom. The summed E-state index contributed by atoms with van der Waals surface area (Å²) in [5.41, 5.74) is 11.4. The van der Waals surface area contributed by atoms with Gasteiger partial charge in [-0.25, -0.2) is 9.97 Å². The summed E-state index contributed by atoms with van der Waals surface area (Å²) in [5.74, 6) is 1.29. The number of rotatable bonds is 1. The van der Waals surface area contributed by atoms with Gasteiger partial charge in [-0.3, -0.25) is 4.98 Å². The van der Waals surface area contributed by atoms with Gasteiger partial charge in [0.15, 0.2) is 5.82 Å². The first kappa shape index (κ1) is 12.1. The molecule has 4 heteroatoms. The maximum atomic E-state index is 6.08. The van der Waals surface area contributed by atoms with Gasteiger partial charge in [-0.1, -0.05) is 6.07 Å². The summed E-state index contributed by atoms with van der Waals surface area (Å²) in [6, 6.07) is 2.10. The average Bonchev–Trinajstić information content (AvgIpc) is 2.38. The molecule has 0 atom stereocenters. The van der Waals surface area contributed by atoms with E-state index in [2.05, 4.69) is 21.0 Å². The highest BCUT2D eigenvalue weighted by Gasteiger charge is 2.18. The molecule has 3 rings (SSSR count). The Labute approximate surface area is 113 Å². The van der Waals surface area contributed by atoms with Crippen LogP contribution in [0.3, 0.4) is 0 Å². The first-order valence-electron chi connectivity index (χ1n) is 6.74. The minimum absolute atomic E-state index is 0.626. The van der Waals surface area contributed by atoms with Gasteiger partial charge in [0.05, 0.1) is 0 Å². The molecule has 2 N–H and O–H groups in total. The molecule has 2 aromatic rings. The van der Waals surface area contributed by atoms with Crippen molar-refractivity contribution in [2.75, 3.05) is 5.73 Å². The molecule has 2 heterocycles. The largest absolute Gasteiger partial charge is 0.383 e. The number of nitrogen functional groups attached to an aromatic ring is 1.